The number of amides is 1. The molecule has 1 amide bonds. The van der Waals surface area contributed by atoms with Crippen molar-refractivity contribution in [3.63, 3.8) is 0 Å². The van der Waals surface area contributed by atoms with E-state index in [1.165, 1.54) is 0 Å². The van der Waals surface area contributed by atoms with Crippen LogP contribution in [-0.2, 0) is 14.4 Å². The Morgan fingerprint density at radius 2 is 2.24 bits per heavy atom. The van der Waals surface area contributed by atoms with Crippen molar-refractivity contribution in [1.82, 2.24) is 10.8 Å². The Labute approximate surface area is 101 Å². The van der Waals surface area contributed by atoms with Gasteiger partial charge in [0.05, 0.1) is 6.04 Å². The smallest absolute Gasteiger partial charge is 0.234 e. The van der Waals surface area contributed by atoms with Crippen molar-refractivity contribution in [3.8, 4) is 0 Å². The third-order valence-corrected chi connectivity index (χ3v) is 3.26. The number of hydrogen-bond acceptors (Lipinski definition) is 5. The van der Waals surface area contributed by atoms with Crippen LogP contribution in [0.1, 0.15) is 32.1 Å². The number of carbonyl (C=O) groups excluding carboxylic acids is 1. The fraction of sp³-hybridized carbons (Fsp3) is 0.909. The van der Waals surface area contributed by atoms with Crippen LogP contribution in [0.2, 0.25) is 0 Å². The zero-order valence-corrected chi connectivity index (χ0v) is 9.98. The molecule has 6 nitrogen and oxygen atoms in total. The van der Waals surface area contributed by atoms with Gasteiger partial charge in [-0.05, 0) is 25.7 Å². The lowest BCUT2D eigenvalue weighted by Crippen LogP contribution is -2.53. The Morgan fingerprint density at radius 1 is 1.35 bits per heavy atom. The highest BCUT2D eigenvalue weighted by atomic mass is 16.8. The summed E-state index contributed by atoms with van der Waals surface area (Å²) in [5.74, 6) is -0.278. The molecular formula is C11H21N3O3. The molecule has 2 fully saturated rings. The first-order valence-electron chi connectivity index (χ1n) is 6.31. The summed E-state index contributed by atoms with van der Waals surface area (Å²) in [5.41, 5.74) is 8.24. The van der Waals surface area contributed by atoms with E-state index in [2.05, 4.69) is 10.8 Å². The summed E-state index contributed by atoms with van der Waals surface area (Å²) in [6.07, 6.45) is 4.72. The molecule has 2 rings (SSSR count). The van der Waals surface area contributed by atoms with Crippen LogP contribution >= 0.6 is 0 Å². The van der Waals surface area contributed by atoms with Crippen molar-refractivity contribution >= 4 is 5.91 Å². The lowest BCUT2D eigenvalue weighted by Gasteiger charge is -2.30. The number of rotatable bonds is 4. The van der Waals surface area contributed by atoms with Gasteiger partial charge in [0.1, 0.15) is 0 Å². The zero-order valence-electron chi connectivity index (χ0n) is 9.98. The number of ether oxygens (including phenoxy) is 1. The third-order valence-electron chi connectivity index (χ3n) is 3.26. The maximum atomic E-state index is 11.0. The van der Waals surface area contributed by atoms with Crippen LogP contribution in [0.4, 0.5) is 0 Å². The minimum Gasteiger partial charge on any atom is -0.368 e. The first-order valence-corrected chi connectivity index (χ1v) is 6.31. The van der Waals surface area contributed by atoms with E-state index in [0.717, 1.165) is 38.7 Å². The maximum Gasteiger partial charge on any atom is 0.234 e. The predicted molar refractivity (Wildman–Crippen MR) is 61.8 cm³/mol. The number of primary amides is 1. The molecule has 2 aliphatic rings. The fourth-order valence-corrected chi connectivity index (χ4v) is 2.18. The van der Waals surface area contributed by atoms with Crippen LogP contribution in [0.25, 0.3) is 0 Å². The Kier molecular flexibility index (Phi) is 4.73. The summed E-state index contributed by atoms with van der Waals surface area (Å²) in [6, 6.07) is 0.0232. The van der Waals surface area contributed by atoms with Crippen molar-refractivity contribution in [3.05, 3.63) is 0 Å². The van der Waals surface area contributed by atoms with E-state index in [1.807, 2.05) is 0 Å². The molecule has 0 aromatic heterocycles. The fourth-order valence-electron chi connectivity index (χ4n) is 2.18. The number of nitrogens with two attached hydrogens (primary N) is 1. The van der Waals surface area contributed by atoms with Gasteiger partial charge in [0.25, 0.3) is 0 Å². The van der Waals surface area contributed by atoms with Crippen molar-refractivity contribution in [1.29, 1.82) is 0 Å². The number of nitrogens with one attached hydrogen (secondary N) is 2. The number of piperidine rings is 1. The molecule has 0 aromatic carbocycles. The molecule has 3 atom stereocenters. The van der Waals surface area contributed by atoms with Gasteiger partial charge >= 0.3 is 0 Å². The molecule has 0 radical (unpaired) electrons. The van der Waals surface area contributed by atoms with Crippen LogP contribution in [-0.4, -0.2) is 37.4 Å². The van der Waals surface area contributed by atoms with Gasteiger partial charge < -0.3 is 15.8 Å². The van der Waals surface area contributed by atoms with Crippen molar-refractivity contribution < 1.29 is 14.4 Å². The molecule has 1 unspecified atom stereocenters. The molecule has 0 bridgehead atoms. The summed E-state index contributed by atoms with van der Waals surface area (Å²) in [4.78, 5) is 16.4. The second-order valence-corrected chi connectivity index (χ2v) is 4.67. The molecule has 0 aromatic rings. The molecular weight excluding hydrogens is 222 g/mol. The van der Waals surface area contributed by atoms with E-state index in [4.69, 9.17) is 15.3 Å². The first-order chi connectivity index (χ1) is 8.25. The monoisotopic (exact) mass is 243 g/mol. The van der Waals surface area contributed by atoms with Crippen molar-refractivity contribution in [2.24, 2.45) is 5.73 Å². The largest absolute Gasteiger partial charge is 0.368 e. The van der Waals surface area contributed by atoms with Gasteiger partial charge in [0, 0.05) is 25.6 Å². The highest BCUT2D eigenvalue weighted by Crippen LogP contribution is 2.14. The van der Waals surface area contributed by atoms with Gasteiger partial charge in [-0.3, -0.25) is 9.63 Å². The zero-order chi connectivity index (χ0) is 12.1. The molecule has 2 saturated heterocycles. The van der Waals surface area contributed by atoms with E-state index in [1.54, 1.807) is 0 Å². The quantitative estimate of drug-likeness (QED) is 0.587. The van der Waals surface area contributed by atoms with E-state index in [9.17, 15) is 4.79 Å². The average Bonchev–Trinajstić information content (AvgIpc) is 2.38. The van der Waals surface area contributed by atoms with Gasteiger partial charge in [-0.15, -0.1) is 0 Å². The lowest BCUT2D eigenvalue weighted by atomic mass is 10.0. The summed E-state index contributed by atoms with van der Waals surface area (Å²) < 4.78 is 5.45. The SMILES string of the molecule is NC(=O)[C@@H]1CC[C@@H](NOC2CCCCO2)CN1. The molecule has 2 aliphatic heterocycles. The van der Waals surface area contributed by atoms with E-state index in [0.29, 0.717) is 6.54 Å². The van der Waals surface area contributed by atoms with Crippen LogP contribution < -0.4 is 16.5 Å². The molecule has 98 valence electrons. The average molecular weight is 243 g/mol. The third kappa shape index (κ3) is 3.92. The van der Waals surface area contributed by atoms with Crippen LogP contribution in [0.15, 0.2) is 0 Å². The van der Waals surface area contributed by atoms with Gasteiger partial charge in [-0.2, -0.15) is 5.48 Å². The number of carbonyl (C=O) groups is 1. The van der Waals surface area contributed by atoms with Gasteiger partial charge in [0.2, 0.25) is 5.91 Å². The second-order valence-electron chi connectivity index (χ2n) is 4.67. The first kappa shape index (κ1) is 12.8. The maximum absolute atomic E-state index is 11.0. The molecule has 0 aliphatic carbocycles. The van der Waals surface area contributed by atoms with E-state index >= 15 is 0 Å². The van der Waals surface area contributed by atoms with Crippen molar-refractivity contribution in [2.75, 3.05) is 13.2 Å². The van der Waals surface area contributed by atoms with E-state index < -0.39 is 0 Å². The van der Waals surface area contributed by atoms with Crippen LogP contribution in [0.5, 0.6) is 0 Å². The lowest BCUT2D eigenvalue weighted by molar-refractivity contribution is -0.204. The van der Waals surface area contributed by atoms with Crippen LogP contribution in [0, 0.1) is 0 Å². The molecule has 4 N–H and O–H groups in total. The predicted octanol–water partition coefficient (Wildman–Crippen LogP) is -0.360. The Bertz CT molecular complexity index is 248. The molecule has 0 spiro atoms. The van der Waals surface area contributed by atoms with Gasteiger partial charge in [0.15, 0.2) is 6.29 Å². The van der Waals surface area contributed by atoms with E-state index in [-0.39, 0.29) is 24.3 Å². The molecule has 2 heterocycles. The van der Waals surface area contributed by atoms with Crippen LogP contribution in [0.3, 0.4) is 0 Å². The Balaban J connectivity index is 1.62. The van der Waals surface area contributed by atoms with Crippen molar-refractivity contribution in [2.45, 2.75) is 50.5 Å². The number of hydrogen-bond donors (Lipinski definition) is 3. The Morgan fingerprint density at radius 3 is 2.82 bits per heavy atom. The minimum absolute atomic E-state index is 0.127. The summed E-state index contributed by atoms with van der Waals surface area (Å²) in [5, 5.41) is 3.10. The molecule has 6 heteroatoms. The molecule has 17 heavy (non-hydrogen) atoms. The Hall–Kier alpha value is -0.690. The molecule has 0 saturated carbocycles. The summed E-state index contributed by atoms with van der Waals surface area (Å²) in [6.45, 7) is 1.47. The highest BCUT2D eigenvalue weighted by Gasteiger charge is 2.25. The standard InChI is InChI=1S/C11H21N3O3/c12-11(15)9-5-4-8(7-13-9)14-17-10-3-1-2-6-16-10/h8-10,13-14H,1-7H2,(H2,12,15)/t8-,9+,10?/m1/s1. The van der Waals surface area contributed by atoms with Gasteiger partial charge in [-0.25, -0.2) is 0 Å². The normalized spacial score (nSPS) is 34.5. The second kappa shape index (κ2) is 6.30. The number of hydroxylamine groups is 1. The summed E-state index contributed by atoms with van der Waals surface area (Å²) in [7, 11) is 0. The summed E-state index contributed by atoms with van der Waals surface area (Å²) >= 11 is 0. The highest BCUT2D eigenvalue weighted by molar-refractivity contribution is 5.79. The topological polar surface area (TPSA) is 85.6 Å². The minimum atomic E-state index is -0.278. The van der Waals surface area contributed by atoms with Gasteiger partial charge in [-0.1, -0.05) is 0 Å².